The molecule has 2 nitrogen and oxygen atoms in total. The van der Waals surface area contributed by atoms with Gasteiger partial charge in [-0.15, -0.1) is 0 Å². The summed E-state index contributed by atoms with van der Waals surface area (Å²) in [5.74, 6) is 0. The van der Waals surface area contributed by atoms with E-state index >= 15 is 0 Å². The minimum absolute atomic E-state index is 0.478. The zero-order valence-corrected chi connectivity index (χ0v) is 19.3. The Balaban J connectivity index is 1.68. The minimum Gasteiger partial charge on any atom is -0.310 e. The number of benzene rings is 4. The van der Waals surface area contributed by atoms with Crippen LogP contribution in [0.2, 0.25) is 0 Å². The summed E-state index contributed by atoms with van der Waals surface area (Å²) < 4.78 is 1.08. The molecule has 0 bridgehead atoms. The lowest BCUT2D eigenvalue weighted by atomic mass is 9.66. The Kier molecular flexibility index (Phi) is 3.94. The quantitative estimate of drug-likeness (QED) is 0.233. The Hall–Kier alpha value is -3.69. The van der Waals surface area contributed by atoms with Gasteiger partial charge in [-0.1, -0.05) is 82.7 Å². The topological polar surface area (TPSA) is 16.1 Å². The Morgan fingerprint density at radius 2 is 1.27 bits per heavy atom. The molecular weight excluding hydrogens is 468 g/mol. The van der Waals surface area contributed by atoms with Gasteiger partial charge < -0.3 is 4.90 Å². The number of rotatable bonds is 1. The van der Waals surface area contributed by atoms with Crippen LogP contribution in [0.5, 0.6) is 0 Å². The summed E-state index contributed by atoms with van der Waals surface area (Å²) in [7, 11) is 0. The van der Waals surface area contributed by atoms with Crippen molar-refractivity contribution in [1.29, 1.82) is 0 Å². The summed E-state index contributed by atoms with van der Waals surface area (Å²) >= 11 is 3.76. The lowest BCUT2D eigenvalue weighted by Crippen LogP contribution is -2.36. The molecule has 1 aliphatic heterocycles. The van der Waals surface area contributed by atoms with Gasteiger partial charge in [0.2, 0.25) is 0 Å². The third kappa shape index (κ3) is 2.40. The second kappa shape index (κ2) is 6.90. The molecule has 156 valence electrons. The number of hydrogen-bond acceptors (Lipinski definition) is 2. The van der Waals surface area contributed by atoms with Gasteiger partial charge in [-0.05, 0) is 64.7 Å². The number of pyridine rings is 1. The van der Waals surface area contributed by atoms with E-state index < -0.39 is 5.41 Å². The van der Waals surface area contributed by atoms with E-state index in [0.717, 1.165) is 15.9 Å². The zero-order chi connectivity index (χ0) is 22.0. The molecule has 5 aromatic rings. The van der Waals surface area contributed by atoms with E-state index in [4.69, 9.17) is 4.98 Å². The highest BCUT2D eigenvalue weighted by Crippen LogP contribution is 2.62. The van der Waals surface area contributed by atoms with Gasteiger partial charge in [-0.25, -0.2) is 0 Å². The molecular formula is C30H19BrN2. The fourth-order valence-corrected chi connectivity index (χ4v) is 6.12. The highest BCUT2D eigenvalue weighted by molar-refractivity contribution is 9.10. The van der Waals surface area contributed by atoms with Gasteiger partial charge in [-0.2, -0.15) is 0 Å². The molecule has 1 spiro atoms. The molecule has 0 unspecified atom stereocenters. The molecule has 1 aromatic heterocycles. The Morgan fingerprint density at radius 3 is 2.00 bits per heavy atom. The van der Waals surface area contributed by atoms with Crippen LogP contribution in [0.3, 0.4) is 0 Å². The first-order valence-corrected chi connectivity index (χ1v) is 11.9. The molecule has 0 amide bonds. The molecule has 7 rings (SSSR count). The molecule has 33 heavy (non-hydrogen) atoms. The summed E-state index contributed by atoms with van der Waals surface area (Å²) in [6.07, 6.45) is 1.93. The maximum atomic E-state index is 5.04. The molecule has 1 aliphatic carbocycles. The van der Waals surface area contributed by atoms with Crippen LogP contribution in [0.15, 0.2) is 120 Å². The monoisotopic (exact) mass is 486 g/mol. The van der Waals surface area contributed by atoms with Crippen LogP contribution in [0.1, 0.15) is 22.4 Å². The Labute approximate surface area is 201 Å². The van der Waals surface area contributed by atoms with Gasteiger partial charge in [-0.3, -0.25) is 4.98 Å². The normalized spacial score (nSPS) is 14.4. The van der Waals surface area contributed by atoms with Crippen molar-refractivity contribution < 1.29 is 0 Å². The Morgan fingerprint density at radius 1 is 0.606 bits per heavy atom. The van der Waals surface area contributed by atoms with Crippen LogP contribution >= 0.6 is 15.9 Å². The first-order chi connectivity index (χ1) is 16.3. The third-order valence-electron chi connectivity index (χ3n) is 6.95. The van der Waals surface area contributed by atoms with Gasteiger partial charge in [0.25, 0.3) is 0 Å². The van der Waals surface area contributed by atoms with E-state index in [1.54, 1.807) is 0 Å². The standard InChI is InChI=1S/C30H19BrN2/c31-20-16-17-22-23-11-8-18-32-29(23)30(26(22)19-20)24-12-4-6-14-27(24)33(21-9-2-1-3-10-21)28-15-7-5-13-25(28)30/h1-19H. The lowest BCUT2D eigenvalue weighted by Gasteiger charge is -2.44. The smallest absolute Gasteiger partial charge is 0.0926 e. The highest BCUT2D eigenvalue weighted by atomic mass is 79.9. The molecule has 3 heteroatoms. The lowest BCUT2D eigenvalue weighted by molar-refractivity contribution is 0.724. The van der Waals surface area contributed by atoms with E-state index in [1.807, 2.05) is 12.3 Å². The van der Waals surface area contributed by atoms with Crippen molar-refractivity contribution in [3.63, 3.8) is 0 Å². The molecule has 4 aromatic carbocycles. The summed E-state index contributed by atoms with van der Waals surface area (Å²) in [5, 5.41) is 0. The fraction of sp³-hybridized carbons (Fsp3) is 0.0333. The van der Waals surface area contributed by atoms with Crippen LogP contribution in [0.25, 0.3) is 11.1 Å². The number of aromatic nitrogens is 1. The number of hydrogen-bond donors (Lipinski definition) is 0. The summed E-state index contributed by atoms with van der Waals surface area (Å²) in [6.45, 7) is 0. The van der Waals surface area contributed by atoms with Crippen LogP contribution in [-0.4, -0.2) is 4.98 Å². The van der Waals surface area contributed by atoms with Crippen LogP contribution < -0.4 is 4.90 Å². The first kappa shape index (κ1) is 18.8. The maximum Gasteiger partial charge on any atom is 0.0926 e. The van der Waals surface area contributed by atoms with Crippen molar-refractivity contribution in [3.8, 4) is 11.1 Å². The predicted molar refractivity (Wildman–Crippen MR) is 137 cm³/mol. The van der Waals surface area contributed by atoms with Crippen LogP contribution in [0, 0.1) is 0 Å². The summed E-state index contributed by atoms with van der Waals surface area (Å²) in [4.78, 5) is 7.43. The van der Waals surface area contributed by atoms with Crippen molar-refractivity contribution in [3.05, 3.63) is 142 Å². The van der Waals surface area contributed by atoms with E-state index in [0.29, 0.717) is 0 Å². The second-order valence-electron chi connectivity index (χ2n) is 8.54. The minimum atomic E-state index is -0.478. The van der Waals surface area contributed by atoms with Gasteiger partial charge in [0.05, 0.1) is 22.5 Å². The van der Waals surface area contributed by atoms with E-state index in [1.165, 1.54) is 39.2 Å². The van der Waals surface area contributed by atoms with Crippen molar-refractivity contribution in [2.24, 2.45) is 0 Å². The van der Waals surface area contributed by atoms with E-state index in [9.17, 15) is 0 Å². The van der Waals surface area contributed by atoms with Crippen molar-refractivity contribution >= 4 is 33.0 Å². The average Bonchev–Trinajstić information content (AvgIpc) is 3.15. The van der Waals surface area contributed by atoms with Crippen molar-refractivity contribution in [1.82, 2.24) is 4.98 Å². The Bertz CT molecular complexity index is 1490. The number of anilines is 3. The maximum absolute atomic E-state index is 5.04. The van der Waals surface area contributed by atoms with Crippen molar-refractivity contribution in [2.75, 3.05) is 4.90 Å². The largest absolute Gasteiger partial charge is 0.310 e. The zero-order valence-electron chi connectivity index (χ0n) is 17.7. The number of halogens is 1. The van der Waals surface area contributed by atoms with Gasteiger partial charge >= 0.3 is 0 Å². The van der Waals surface area contributed by atoms with Crippen molar-refractivity contribution in [2.45, 2.75) is 5.41 Å². The van der Waals surface area contributed by atoms with Crippen LogP contribution in [-0.2, 0) is 5.41 Å². The van der Waals surface area contributed by atoms with E-state index in [2.05, 4.69) is 124 Å². The molecule has 0 saturated heterocycles. The van der Waals surface area contributed by atoms with Gasteiger partial charge in [0.1, 0.15) is 0 Å². The highest BCUT2D eigenvalue weighted by Gasteiger charge is 2.52. The van der Waals surface area contributed by atoms with Crippen LogP contribution in [0.4, 0.5) is 17.1 Å². The SMILES string of the molecule is Brc1ccc2c(c1)C1(c3ccccc3N(c3ccccc3)c3ccccc31)c1ncccc1-2. The number of nitrogens with zero attached hydrogens (tertiary/aromatic N) is 2. The van der Waals surface area contributed by atoms with Gasteiger partial charge in [0, 0.05) is 21.9 Å². The molecule has 0 fully saturated rings. The number of para-hydroxylation sites is 3. The molecule has 0 radical (unpaired) electrons. The molecule has 0 atom stereocenters. The van der Waals surface area contributed by atoms with E-state index in [-0.39, 0.29) is 0 Å². The summed E-state index contributed by atoms with van der Waals surface area (Å²) in [6, 6.07) is 39.1. The molecule has 0 saturated carbocycles. The molecule has 2 aliphatic rings. The summed E-state index contributed by atoms with van der Waals surface area (Å²) in [5.41, 5.74) is 10.4. The third-order valence-corrected chi connectivity index (χ3v) is 7.44. The first-order valence-electron chi connectivity index (χ1n) is 11.1. The molecule has 0 N–H and O–H groups in total. The molecule has 2 heterocycles. The fourth-order valence-electron chi connectivity index (χ4n) is 5.76. The second-order valence-corrected chi connectivity index (χ2v) is 9.46. The number of fused-ring (bicyclic) bond motifs is 9. The average molecular weight is 487 g/mol. The van der Waals surface area contributed by atoms with Gasteiger partial charge in [0.15, 0.2) is 0 Å². The predicted octanol–water partition coefficient (Wildman–Crippen LogP) is 7.99.